The van der Waals surface area contributed by atoms with E-state index in [0.717, 1.165) is 36.0 Å². The molecule has 3 rings (SSSR count). The van der Waals surface area contributed by atoms with Crippen LogP contribution in [0, 0.1) is 0 Å². The van der Waals surface area contributed by atoms with Crippen molar-refractivity contribution >= 4 is 33.5 Å². The molecule has 5 nitrogen and oxygen atoms in total. The van der Waals surface area contributed by atoms with E-state index >= 15 is 0 Å². The maximum absolute atomic E-state index is 6.28. The lowest BCUT2D eigenvalue weighted by molar-refractivity contribution is 0.500. The number of hydrogen-bond acceptors (Lipinski definition) is 4. The second-order valence-electron chi connectivity index (χ2n) is 4.93. The van der Waals surface area contributed by atoms with Crippen LogP contribution in [0.1, 0.15) is 12.8 Å². The second-order valence-corrected chi connectivity index (χ2v) is 6.17. The highest BCUT2D eigenvalue weighted by atomic mass is 79.9. The first-order valence-corrected chi connectivity index (χ1v) is 7.69. The number of aromatic nitrogens is 3. The predicted molar refractivity (Wildman–Crippen MR) is 84.0 cm³/mol. The Morgan fingerprint density at radius 1 is 1.45 bits per heavy atom. The lowest BCUT2D eigenvalue weighted by Crippen LogP contribution is -2.43. The smallest absolute Gasteiger partial charge is 0.245 e. The summed E-state index contributed by atoms with van der Waals surface area (Å²) in [6.45, 7) is 1.74. The molecule has 1 aromatic heterocycles. The van der Waals surface area contributed by atoms with Gasteiger partial charge in [-0.3, -0.25) is 5.10 Å². The van der Waals surface area contributed by atoms with Gasteiger partial charge in [0.05, 0.1) is 5.02 Å². The van der Waals surface area contributed by atoms with Crippen molar-refractivity contribution in [2.75, 3.05) is 18.0 Å². The van der Waals surface area contributed by atoms with Crippen LogP contribution < -0.4 is 10.6 Å². The van der Waals surface area contributed by atoms with E-state index in [1.807, 2.05) is 18.2 Å². The van der Waals surface area contributed by atoms with Gasteiger partial charge in [-0.2, -0.15) is 4.98 Å². The van der Waals surface area contributed by atoms with Crippen molar-refractivity contribution in [1.82, 2.24) is 15.2 Å². The molecule has 0 radical (unpaired) electrons. The fraction of sp³-hybridized carbons (Fsp3) is 0.385. The minimum atomic E-state index is 0.195. The summed E-state index contributed by atoms with van der Waals surface area (Å²) < 4.78 is 0.842. The molecule has 0 amide bonds. The van der Waals surface area contributed by atoms with Gasteiger partial charge in [0.25, 0.3) is 0 Å². The standard InChI is InChI=1S/C13H15BrClN5/c14-10-5-1-4-9(11(10)15)12-17-13(19-18-12)20-6-2-3-8(16)7-20/h1,4-5,8H,2-3,6-7,16H2,(H,17,18,19). The molecule has 0 saturated carbocycles. The van der Waals surface area contributed by atoms with Crippen LogP contribution in [0.15, 0.2) is 22.7 Å². The summed E-state index contributed by atoms with van der Waals surface area (Å²) in [5, 5.41) is 7.87. The van der Waals surface area contributed by atoms with Gasteiger partial charge in [-0.1, -0.05) is 17.7 Å². The Morgan fingerprint density at radius 2 is 2.30 bits per heavy atom. The third kappa shape index (κ3) is 2.68. The van der Waals surface area contributed by atoms with Crippen molar-refractivity contribution in [2.45, 2.75) is 18.9 Å². The Labute approximate surface area is 130 Å². The Morgan fingerprint density at radius 3 is 3.10 bits per heavy atom. The Kier molecular flexibility index (Phi) is 3.96. The highest BCUT2D eigenvalue weighted by Gasteiger charge is 2.21. The molecule has 1 aromatic carbocycles. The van der Waals surface area contributed by atoms with Gasteiger partial charge in [0.1, 0.15) is 0 Å². The van der Waals surface area contributed by atoms with Crippen LogP contribution in [-0.2, 0) is 0 Å². The maximum atomic E-state index is 6.28. The SMILES string of the molecule is NC1CCCN(c2n[nH]c(-c3cccc(Br)c3Cl)n2)C1. The van der Waals surface area contributed by atoms with Crippen LogP contribution in [-0.4, -0.2) is 34.3 Å². The molecule has 0 aliphatic carbocycles. The zero-order valence-corrected chi connectivity index (χ0v) is 13.2. The Bertz CT molecular complexity index is 615. The van der Waals surface area contributed by atoms with E-state index in [0.29, 0.717) is 16.8 Å². The van der Waals surface area contributed by atoms with E-state index in [1.54, 1.807) is 0 Å². The summed E-state index contributed by atoms with van der Waals surface area (Å²) in [5.74, 6) is 1.36. The molecule has 7 heteroatoms. The first-order chi connectivity index (χ1) is 9.65. The van der Waals surface area contributed by atoms with E-state index in [-0.39, 0.29) is 6.04 Å². The summed E-state index contributed by atoms with van der Waals surface area (Å²) in [5.41, 5.74) is 6.82. The molecule has 0 spiro atoms. The predicted octanol–water partition coefficient (Wildman–Crippen LogP) is 2.82. The van der Waals surface area contributed by atoms with E-state index in [9.17, 15) is 0 Å². The highest BCUT2D eigenvalue weighted by Crippen LogP contribution is 2.32. The molecule has 1 saturated heterocycles. The normalized spacial score (nSPS) is 19.4. The Balaban J connectivity index is 1.88. The fourth-order valence-electron chi connectivity index (χ4n) is 2.39. The van der Waals surface area contributed by atoms with Gasteiger partial charge in [0.2, 0.25) is 5.95 Å². The van der Waals surface area contributed by atoms with Crippen LogP contribution in [0.25, 0.3) is 11.4 Å². The number of nitrogens with one attached hydrogen (secondary N) is 1. The number of rotatable bonds is 2. The van der Waals surface area contributed by atoms with E-state index in [1.165, 1.54) is 0 Å². The number of anilines is 1. The summed E-state index contributed by atoms with van der Waals surface area (Å²) in [6, 6.07) is 5.93. The highest BCUT2D eigenvalue weighted by molar-refractivity contribution is 9.10. The summed E-state index contributed by atoms with van der Waals surface area (Å²) >= 11 is 9.69. The Hall–Kier alpha value is -1.11. The van der Waals surface area contributed by atoms with Crippen molar-refractivity contribution in [2.24, 2.45) is 5.73 Å². The molecular formula is C13H15BrClN5. The lowest BCUT2D eigenvalue weighted by Gasteiger charge is -2.29. The number of benzene rings is 1. The van der Waals surface area contributed by atoms with Gasteiger partial charge in [0, 0.05) is 29.2 Å². The lowest BCUT2D eigenvalue weighted by atomic mass is 10.1. The van der Waals surface area contributed by atoms with Gasteiger partial charge < -0.3 is 10.6 Å². The molecule has 1 atom stereocenters. The van der Waals surface area contributed by atoms with Gasteiger partial charge in [0.15, 0.2) is 5.82 Å². The van der Waals surface area contributed by atoms with Crippen LogP contribution in [0.5, 0.6) is 0 Å². The van der Waals surface area contributed by atoms with E-state index in [4.69, 9.17) is 17.3 Å². The minimum absolute atomic E-state index is 0.195. The third-order valence-corrected chi connectivity index (χ3v) is 4.72. The van der Waals surface area contributed by atoms with Crippen molar-refractivity contribution in [3.8, 4) is 11.4 Å². The number of halogens is 2. The van der Waals surface area contributed by atoms with Gasteiger partial charge in [-0.25, -0.2) is 0 Å². The number of piperidine rings is 1. The largest absolute Gasteiger partial charge is 0.338 e. The molecule has 1 aliphatic rings. The number of aromatic amines is 1. The molecule has 1 aliphatic heterocycles. The third-order valence-electron chi connectivity index (χ3n) is 3.42. The van der Waals surface area contributed by atoms with Gasteiger partial charge in [-0.05, 0) is 40.9 Å². The average Bonchev–Trinajstić information content (AvgIpc) is 2.91. The summed E-state index contributed by atoms with van der Waals surface area (Å²) in [7, 11) is 0. The van der Waals surface area contributed by atoms with Crippen molar-refractivity contribution < 1.29 is 0 Å². The number of H-pyrrole nitrogens is 1. The van der Waals surface area contributed by atoms with Crippen molar-refractivity contribution in [3.05, 3.63) is 27.7 Å². The minimum Gasteiger partial charge on any atom is -0.338 e. The van der Waals surface area contributed by atoms with E-state index in [2.05, 4.69) is 36.0 Å². The molecule has 3 N–H and O–H groups in total. The average molecular weight is 357 g/mol. The fourth-order valence-corrected chi connectivity index (χ4v) is 2.97. The summed E-state index contributed by atoms with van der Waals surface area (Å²) in [4.78, 5) is 6.65. The van der Waals surface area contributed by atoms with Crippen molar-refractivity contribution in [3.63, 3.8) is 0 Å². The van der Waals surface area contributed by atoms with Crippen LogP contribution in [0.3, 0.4) is 0 Å². The number of hydrogen-bond donors (Lipinski definition) is 2. The van der Waals surface area contributed by atoms with E-state index < -0.39 is 0 Å². The number of nitrogens with zero attached hydrogens (tertiary/aromatic N) is 3. The van der Waals surface area contributed by atoms with Crippen LogP contribution >= 0.6 is 27.5 Å². The molecule has 0 bridgehead atoms. The molecule has 2 heterocycles. The molecule has 106 valence electrons. The van der Waals surface area contributed by atoms with Gasteiger partial charge in [-0.15, -0.1) is 5.10 Å². The molecule has 2 aromatic rings. The molecule has 1 unspecified atom stereocenters. The van der Waals surface area contributed by atoms with Gasteiger partial charge >= 0.3 is 0 Å². The quantitative estimate of drug-likeness (QED) is 0.868. The second kappa shape index (κ2) is 5.71. The first-order valence-electron chi connectivity index (χ1n) is 6.52. The first kappa shape index (κ1) is 13.9. The zero-order chi connectivity index (χ0) is 14.1. The maximum Gasteiger partial charge on any atom is 0.245 e. The number of nitrogens with two attached hydrogens (primary N) is 1. The molecule has 1 fully saturated rings. The van der Waals surface area contributed by atoms with Crippen LogP contribution in [0.2, 0.25) is 5.02 Å². The van der Waals surface area contributed by atoms with Crippen LogP contribution in [0.4, 0.5) is 5.95 Å². The van der Waals surface area contributed by atoms with Crippen molar-refractivity contribution in [1.29, 1.82) is 0 Å². The topological polar surface area (TPSA) is 70.8 Å². The molecule has 20 heavy (non-hydrogen) atoms. The zero-order valence-electron chi connectivity index (χ0n) is 10.8. The molecular weight excluding hydrogens is 342 g/mol. The monoisotopic (exact) mass is 355 g/mol. The summed E-state index contributed by atoms with van der Waals surface area (Å²) in [6.07, 6.45) is 2.13.